The van der Waals surface area contributed by atoms with Gasteiger partial charge in [0.25, 0.3) is 5.69 Å². The van der Waals surface area contributed by atoms with Crippen LogP contribution in [0.4, 0.5) is 5.69 Å². The Morgan fingerprint density at radius 3 is 2.28 bits per heavy atom. The van der Waals surface area contributed by atoms with Crippen molar-refractivity contribution in [1.29, 1.82) is 0 Å². The number of aryl methyl sites for hydroxylation is 1. The van der Waals surface area contributed by atoms with Crippen molar-refractivity contribution in [2.24, 2.45) is 11.1 Å². The molecule has 6 heteroatoms. The third-order valence-electron chi connectivity index (χ3n) is 2.84. The third kappa shape index (κ3) is 3.11. The Labute approximate surface area is 113 Å². The summed E-state index contributed by atoms with van der Waals surface area (Å²) in [6, 6.07) is 2.31. The lowest BCUT2D eigenvalue weighted by molar-refractivity contribution is -0.386. The van der Waals surface area contributed by atoms with Crippen LogP contribution in [0.3, 0.4) is 0 Å². The second-order valence-corrected chi connectivity index (χ2v) is 5.26. The van der Waals surface area contributed by atoms with E-state index in [2.05, 4.69) is 0 Å². The molecule has 1 aromatic carbocycles. The molecule has 1 atom stereocenters. The van der Waals surface area contributed by atoms with Crippen LogP contribution in [0, 0.1) is 22.5 Å². The van der Waals surface area contributed by atoms with E-state index in [4.69, 9.17) is 5.73 Å². The molecule has 0 heterocycles. The van der Waals surface area contributed by atoms with Gasteiger partial charge in [-0.15, -0.1) is 12.4 Å². The van der Waals surface area contributed by atoms with Gasteiger partial charge in [0.05, 0.1) is 10.5 Å². The van der Waals surface area contributed by atoms with Gasteiger partial charge in [-0.05, 0) is 24.0 Å². The zero-order chi connectivity index (χ0) is 13.4. The first kappa shape index (κ1) is 16.7. The van der Waals surface area contributed by atoms with Gasteiger partial charge < -0.3 is 10.8 Å². The summed E-state index contributed by atoms with van der Waals surface area (Å²) >= 11 is 0. The lowest BCUT2D eigenvalue weighted by Gasteiger charge is -2.27. The summed E-state index contributed by atoms with van der Waals surface area (Å²) in [6.07, 6.45) is 0. The molecule has 0 aromatic heterocycles. The number of phenolic OH excluding ortho intramolecular Hbond substituents is 1. The first-order valence-electron chi connectivity index (χ1n) is 5.38. The van der Waals surface area contributed by atoms with E-state index in [1.54, 1.807) is 6.92 Å². The number of aromatic hydroxyl groups is 1. The first-order valence-corrected chi connectivity index (χ1v) is 5.38. The maximum absolute atomic E-state index is 11.0. The number of nitrogens with two attached hydrogens (primary N) is 1. The number of benzene rings is 1. The number of hydrogen-bond donors (Lipinski definition) is 2. The van der Waals surface area contributed by atoms with Crippen molar-refractivity contribution in [2.45, 2.75) is 33.7 Å². The van der Waals surface area contributed by atoms with Gasteiger partial charge >= 0.3 is 0 Å². The van der Waals surface area contributed by atoms with E-state index >= 15 is 0 Å². The monoisotopic (exact) mass is 274 g/mol. The molecule has 0 unspecified atom stereocenters. The number of nitrogens with zero attached hydrogens (tertiary/aromatic N) is 1. The van der Waals surface area contributed by atoms with Crippen molar-refractivity contribution < 1.29 is 10.0 Å². The van der Waals surface area contributed by atoms with E-state index in [-0.39, 0.29) is 34.8 Å². The summed E-state index contributed by atoms with van der Waals surface area (Å²) < 4.78 is 0. The first-order chi connectivity index (χ1) is 7.66. The van der Waals surface area contributed by atoms with E-state index in [0.29, 0.717) is 5.56 Å². The van der Waals surface area contributed by atoms with Crippen LogP contribution in [0.1, 0.15) is 37.9 Å². The van der Waals surface area contributed by atoms with Crippen LogP contribution in [-0.4, -0.2) is 10.0 Å². The van der Waals surface area contributed by atoms with Gasteiger partial charge in [-0.2, -0.15) is 0 Å². The van der Waals surface area contributed by atoms with Gasteiger partial charge in [-0.3, -0.25) is 10.1 Å². The Morgan fingerprint density at radius 2 is 1.89 bits per heavy atom. The quantitative estimate of drug-likeness (QED) is 0.640. The molecular formula is C12H19ClN2O3. The fraction of sp³-hybridized carbons (Fsp3) is 0.500. The topological polar surface area (TPSA) is 89.4 Å². The van der Waals surface area contributed by atoms with Crippen LogP contribution >= 0.6 is 12.4 Å². The van der Waals surface area contributed by atoms with Gasteiger partial charge in [0.2, 0.25) is 0 Å². The standard InChI is InChI=1S/C12H18N2O3.ClH/c1-7-5-6-8(14(16)17)9(10(7)15)11(13)12(2,3)4;/h5-6,11,15H,13H2,1-4H3;1H/t11-;/m0./s1. The highest BCUT2D eigenvalue weighted by Crippen LogP contribution is 2.41. The van der Waals surface area contributed by atoms with Crippen LogP contribution in [0.2, 0.25) is 0 Å². The van der Waals surface area contributed by atoms with Gasteiger partial charge in [-0.25, -0.2) is 0 Å². The fourth-order valence-electron chi connectivity index (χ4n) is 1.61. The smallest absolute Gasteiger partial charge is 0.277 e. The molecular weight excluding hydrogens is 256 g/mol. The number of nitro benzene ring substituents is 1. The molecule has 102 valence electrons. The zero-order valence-corrected chi connectivity index (χ0v) is 11.7. The molecule has 0 saturated heterocycles. The number of hydrogen-bond acceptors (Lipinski definition) is 4. The van der Waals surface area contributed by atoms with Crippen molar-refractivity contribution in [3.63, 3.8) is 0 Å². The van der Waals surface area contributed by atoms with E-state index in [9.17, 15) is 15.2 Å². The summed E-state index contributed by atoms with van der Waals surface area (Å²) in [6.45, 7) is 7.33. The number of phenols is 1. The van der Waals surface area contributed by atoms with Crippen LogP contribution in [0.25, 0.3) is 0 Å². The highest BCUT2D eigenvalue weighted by Gasteiger charge is 2.32. The maximum Gasteiger partial charge on any atom is 0.277 e. The van der Waals surface area contributed by atoms with Crippen molar-refractivity contribution in [2.75, 3.05) is 0 Å². The average molecular weight is 275 g/mol. The lowest BCUT2D eigenvalue weighted by Crippen LogP contribution is -2.27. The van der Waals surface area contributed by atoms with Crippen LogP contribution in [-0.2, 0) is 0 Å². The average Bonchev–Trinajstić information content (AvgIpc) is 2.19. The molecule has 0 radical (unpaired) electrons. The predicted octanol–water partition coefficient (Wildman–Crippen LogP) is 3.08. The Morgan fingerprint density at radius 1 is 1.39 bits per heavy atom. The number of halogens is 1. The molecule has 18 heavy (non-hydrogen) atoms. The van der Waals surface area contributed by atoms with Gasteiger partial charge in [0.1, 0.15) is 5.75 Å². The van der Waals surface area contributed by atoms with Gasteiger partial charge in [0, 0.05) is 12.1 Å². The molecule has 0 aliphatic carbocycles. The maximum atomic E-state index is 11.0. The van der Waals surface area contributed by atoms with Crippen LogP contribution < -0.4 is 5.73 Å². The Hall–Kier alpha value is -1.33. The van der Waals surface area contributed by atoms with Crippen LogP contribution in [0.15, 0.2) is 12.1 Å². The third-order valence-corrected chi connectivity index (χ3v) is 2.84. The molecule has 0 bridgehead atoms. The molecule has 1 rings (SSSR count). The van der Waals surface area contributed by atoms with Gasteiger partial charge in [-0.1, -0.05) is 20.8 Å². The van der Waals surface area contributed by atoms with E-state index in [1.807, 2.05) is 20.8 Å². The summed E-state index contributed by atoms with van der Waals surface area (Å²) in [7, 11) is 0. The summed E-state index contributed by atoms with van der Waals surface area (Å²) in [4.78, 5) is 10.4. The van der Waals surface area contributed by atoms with Crippen molar-refractivity contribution >= 4 is 18.1 Å². The fourth-order valence-corrected chi connectivity index (χ4v) is 1.61. The predicted molar refractivity (Wildman–Crippen MR) is 73.1 cm³/mol. The number of rotatable bonds is 2. The highest BCUT2D eigenvalue weighted by atomic mass is 35.5. The molecule has 0 spiro atoms. The molecule has 5 nitrogen and oxygen atoms in total. The molecule has 1 aromatic rings. The van der Waals surface area contributed by atoms with E-state index < -0.39 is 11.0 Å². The minimum absolute atomic E-state index is 0. The lowest BCUT2D eigenvalue weighted by atomic mass is 9.81. The second kappa shape index (κ2) is 5.54. The highest BCUT2D eigenvalue weighted by molar-refractivity contribution is 5.85. The summed E-state index contributed by atoms with van der Waals surface area (Å²) in [5.41, 5.74) is 6.32. The van der Waals surface area contributed by atoms with E-state index in [0.717, 1.165) is 0 Å². The van der Waals surface area contributed by atoms with Crippen molar-refractivity contribution in [3.8, 4) is 5.75 Å². The Balaban J connectivity index is 0.00000289. The molecule has 0 aliphatic heterocycles. The van der Waals surface area contributed by atoms with Gasteiger partial charge in [0.15, 0.2) is 0 Å². The Kier molecular flexibility index (Phi) is 5.13. The summed E-state index contributed by atoms with van der Waals surface area (Å²) in [5.74, 6) is -0.0818. The van der Waals surface area contributed by atoms with E-state index in [1.165, 1.54) is 12.1 Å². The number of nitro groups is 1. The zero-order valence-electron chi connectivity index (χ0n) is 10.9. The minimum atomic E-state index is -0.595. The Bertz CT molecular complexity index is 455. The minimum Gasteiger partial charge on any atom is -0.507 e. The largest absolute Gasteiger partial charge is 0.507 e. The molecule has 0 fully saturated rings. The van der Waals surface area contributed by atoms with Crippen molar-refractivity contribution in [3.05, 3.63) is 33.4 Å². The summed E-state index contributed by atoms with van der Waals surface area (Å²) in [5, 5.41) is 20.9. The molecule has 0 saturated carbocycles. The van der Waals surface area contributed by atoms with Crippen LogP contribution in [0.5, 0.6) is 5.75 Å². The second-order valence-electron chi connectivity index (χ2n) is 5.26. The SMILES string of the molecule is Cc1ccc([N+](=O)[O-])c([C@H](N)C(C)(C)C)c1O.Cl. The molecule has 0 aliphatic rings. The molecule has 3 N–H and O–H groups in total. The normalized spacial score (nSPS) is 12.7. The van der Waals surface area contributed by atoms with Crippen molar-refractivity contribution in [1.82, 2.24) is 0 Å². The molecule has 0 amide bonds.